The zero-order valence-electron chi connectivity index (χ0n) is 30.0. The first-order valence-corrected chi connectivity index (χ1v) is 19.3. The predicted octanol–water partition coefficient (Wildman–Crippen LogP) is 5.62. The molecule has 0 spiro atoms. The van der Waals surface area contributed by atoms with Crippen molar-refractivity contribution >= 4 is 40.2 Å². The quantitative estimate of drug-likeness (QED) is 0.182. The first-order chi connectivity index (χ1) is 25.9. The monoisotopic (exact) mass is 729 g/mol. The van der Waals surface area contributed by atoms with Crippen molar-refractivity contribution in [3.63, 3.8) is 0 Å². The van der Waals surface area contributed by atoms with Gasteiger partial charge < -0.3 is 15.1 Å². The van der Waals surface area contributed by atoms with Gasteiger partial charge in [0.2, 0.25) is 11.8 Å². The summed E-state index contributed by atoms with van der Waals surface area (Å²) < 4.78 is 1.80. The fourth-order valence-electron chi connectivity index (χ4n) is 8.20. The van der Waals surface area contributed by atoms with Crippen LogP contribution < -0.4 is 15.5 Å². The Morgan fingerprint density at radius 2 is 1.81 bits per heavy atom. The van der Waals surface area contributed by atoms with E-state index >= 15 is 0 Å². The number of carbonyl (C=O) groups is 2. The van der Waals surface area contributed by atoms with E-state index in [9.17, 15) is 14.9 Å². The number of nitrogens with one attached hydrogen (secondary N) is 2. The summed E-state index contributed by atoms with van der Waals surface area (Å²) in [5.74, 6) is 1.33. The van der Waals surface area contributed by atoms with E-state index in [2.05, 4.69) is 48.8 Å². The number of nitrogens with zero attached hydrogens (tertiary/aromatic N) is 9. The molecule has 1 aliphatic carbocycles. The second-order valence-corrected chi connectivity index (χ2v) is 15.6. The lowest BCUT2D eigenvalue weighted by molar-refractivity contribution is -0.134. The number of piperidine rings is 2. The minimum absolute atomic E-state index is 0.194. The Hall–Kier alpha value is -5.26. The van der Waals surface area contributed by atoms with Gasteiger partial charge in [0.15, 0.2) is 5.01 Å². The second-order valence-electron chi connectivity index (χ2n) is 14.6. The lowest BCUT2D eigenvalue weighted by Crippen LogP contribution is -2.42. The number of anilines is 2. The Labute approximate surface area is 312 Å². The van der Waals surface area contributed by atoms with E-state index < -0.39 is 0 Å². The van der Waals surface area contributed by atoms with Crippen molar-refractivity contribution in [3.8, 4) is 28.0 Å². The number of nitriles is 1. The molecule has 2 aliphatic heterocycles. The van der Waals surface area contributed by atoms with Crippen LogP contribution in [0.1, 0.15) is 79.3 Å². The summed E-state index contributed by atoms with van der Waals surface area (Å²) in [6, 6.07) is 14.5. The molecule has 5 aromatic heterocycles. The number of amides is 2. The molecule has 14 heteroatoms. The minimum atomic E-state index is -0.299. The van der Waals surface area contributed by atoms with E-state index in [-0.39, 0.29) is 17.7 Å². The molecule has 5 aromatic rings. The van der Waals surface area contributed by atoms with E-state index in [4.69, 9.17) is 9.97 Å². The molecule has 0 aromatic carbocycles. The maximum absolute atomic E-state index is 12.3. The molecule has 0 bridgehead atoms. The summed E-state index contributed by atoms with van der Waals surface area (Å²) >= 11 is 1.67. The molecule has 272 valence electrons. The number of aromatic nitrogens is 6. The Balaban J connectivity index is 0.825. The Bertz CT molecular complexity index is 2160. The van der Waals surface area contributed by atoms with Crippen molar-refractivity contribution in [1.82, 2.24) is 40.0 Å². The first-order valence-electron chi connectivity index (χ1n) is 18.5. The normalized spacial score (nSPS) is 21.2. The summed E-state index contributed by atoms with van der Waals surface area (Å²) in [5, 5.41) is 30.7. The van der Waals surface area contributed by atoms with Crippen molar-refractivity contribution in [3.05, 3.63) is 71.1 Å². The van der Waals surface area contributed by atoms with Gasteiger partial charge in [0.05, 0.1) is 40.1 Å². The van der Waals surface area contributed by atoms with Gasteiger partial charge in [0.1, 0.15) is 16.9 Å². The van der Waals surface area contributed by atoms with Crippen LogP contribution in [0.3, 0.4) is 0 Å². The van der Waals surface area contributed by atoms with Crippen LogP contribution in [0.2, 0.25) is 0 Å². The molecule has 2 saturated heterocycles. The van der Waals surface area contributed by atoms with E-state index in [1.807, 2.05) is 49.6 Å². The maximum atomic E-state index is 12.3. The van der Waals surface area contributed by atoms with E-state index in [0.29, 0.717) is 36.3 Å². The number of fused-ring (bicyclic) bond motifs is 1. The third-order valence-electron chi connectivity index (χ3n) is 11.3. The third kappa shape index (κ3) is 7.23. The Morgan fingerprint density at radius 1 is 0.981 bits per heavy atom. The van der Waals surface area contributed by atoms with E-state index in [1.54, 1.807) is 28.2 Å². The molecule has 7 heterocycles. The molecule has 53 heavy (non-hydrogen) atoms. The molecule has 8 rings (SSSR count). The van der Waals surface area contributed by atoms with Crippen molar-refractivity contribution in [2.75, 3.05) is 43.9 Å². The molecule has 2 N–H and O–H groups in total. The number of carbonyl (C=O) groups excluding carboxylic acids is 2. The Kier molecular flexibility index (Phi) is 9.85. The van der Waals surface area contributed by atoms with Crippen molar-refractivity contribution in [2.45, 2.75) is 69.2 Å². The highest BCUT2D eigenvalue weighted by molar-refractivity contribution is 7.14. The molecular weight excluding hydrogens is 687 g/mol. The van der Waals surface area contributed by atoms with Gasteiger partial charge in [-0.25, -0.2) is 9.50 Å². The molecule has 0 radical (unpaired) electrons. The molecule has 3 aliphatic rings. The highest BCUT2D eigenvalue weighted by atomic mass is 32.1. The first kappa shape index (κ1) is 34.8. The van der Waals surface area contributed by atoms with Gasteiger partial charge in [-0.3, -0.25) is 19.9 Å². The van der Waals surface area contributed by atoms with E-state index in [0.717, 1.165) is 108 Å². The lowest BCUT2D eigenvalue weighted by Gasteiger charge is -2.38. The lowest BCUT2D eigenvalue weighted by atomic mass is 9.85. The van der Waals surface area contributed by atoms with Gasteiger partial charge in [-0.2, -0.15) is 10.4 Å². The average molecular weight is 730 g/mol. The summed E-state index contributed by atoms with van der Waals surface area (Å²) in [7, 11) is 4.20. The van der Waals surface area contributed by atoms with Crippen molar-refractivity contribution in [2.24, 2.45) is 5.92 Å². The highest BCUT2D eigenvalue weighted by Crippen LogP contribution is 2.40. The van der Waals surface area contributed by atoms with Gasteiger partial charge in [0, 0.05) is 63.1 Å². The summed E-state index contributed by atoms with van der Waals surface area (Å²) in [5.41, 5.74) is 5.74. The van der Waals surface area contributed by atoms with Crippen LogP contribution in [0.4, 0.5) is 11.5 Å². The van der Waals surface area contributed by atoms with Gasteiger partial charge in [-0.1, -0.05) is 17.4 Å². The van der Waals surface area contributed by atoms with Gasteiger partial charge in [-0.15, -0.1) is 10.2 Å². The molecule has 2 amide bonds. The third-order valence-corrected chi connectivity index (χ3v) is 12.4. The molecule has 1 atom stereocenters. The summed E-state index contributed by atoms with van der Waals surface area (Å²) in [6.45, 7) is 3.07. The van der Waals surface area contributed by atoms with Crippen LogP contribution in [0.25, 0.3) is 27.5 Å². The maximum Gasteiger partial charge on any atom is 0.234 e. The fraction of sp³-hybridized carbons (Fsp3) is 0.436. The van der Waals surface area contributed by atoms with Crippen LogP contribution >= 0.6 is 11.3 Å². The van der Waals surface area contributed by atoms with E-state index in [1.165, 1.54) is 0 Å². The van der Waals surface area contributed by atoms with Crippen molar-refractivity contribution in [1.29, 1.82) is 5.26 Å². The van der Waals surface area contributed by atoms with Gasteiger partial charge in [-0.05, 0) is 93.8 Å². The van der Waals surface area contributed by atoms with Crippen LogP contribution in [0.15, 0.2) is 55.0 Å². The van der Waals surface area contributed by atoms with Crippen LogP contribution in [-0.2, 0) is 9.59 Å². The smallest absolute Gasteiger partial charge is 0.234 e. The summed E-state index contributed by atoms with van der Waals surface area (Å²) in [4.78, 5) is 38.2. The SMILES string of the molecule is CNc1cc(-c2ccc3cc(C#N)cnn23)ncc1-c1nnc(C2CCC(N(C)CC3CCN(c4ccc([C@H]5CCC(=O)NC5=O)cn4)CC3)CC2)s1. The number of pyridine rings is 2. The van der Waals surface area contributed by atoms with Crippen LogP contribution in [0, 0.1) is 17.2 Å². The van der Waals surface area contributed by atoms with Crippen LogP contribution in [0.5, 0.6) is 0 Å². The number of hydrogen-bond acceptors (Lipinski definition) is 12. The molecule has 13 nitrogen and oxygen atoms in total. The standard InChI is InChI=1S/C39H43N11O2S/c1-41-32-18-33(34-10-8-29-17-25(19-40)20-44-50(29)34)42-22-31(32)39-47-46-38(53-39)26-3-6-28(7-4-26)48(2)23-24-13-15-49(16-14-24)35-11-5-27(21-43-35)30-9-12-36(51)45-37(30)52/h5,8,10-11,17-18,20-22,24,26,28,30H,3-4,6-7,9,12-16,23H2,1-2H3,(H,41,42)(H,45,51,52)/t26?,28?,30-/m1/s1. The van der Waals surface area contributed by atoms with Crippen molar-refractivity contribution < 1.29 is 9.59 Å². The topological polar surface area (TPSA) is 157 Å². The number of hydrogen-bond donors (Lipinski definition) is 2. The van der Waals surface area contributed by atoms with Crippen LogP contribution in [-0.4, -0.2) is 86.3 Å². The molecule has 0 unspecified atom stereocenters. The zero-order valence-corrected chi connectivity index (χ0v) is 30.8. The van der Waals surface area contributed by atoms with Gasteiger partial charge in [0.25, 0.3) is 0 Å². The highest BCUT2D eigenvalue weighted by Gasteiger charge is 2.31. The summed E-state index contributed by atoms with van der Waals surface area (Å²) in [6.07, 6.45) is 13.0. The average Bonchev–Trinajstić information content (AvgIpc) is 3.86. The zero-order chi connectivity index (χ0) is 36.5. The molecule has 1 saturated carbocycles. The molecule has 3 fully saturated rings. The largest absolute Gasteiger partial charge is 0.387 e. The number of rotatable bonds is 9. The minimum Gasteiger partial charge on any atom is -0.387 e. The Morgan fingerprint density at radius 3 is 2.55 bits per heavy atom. The second kappa shape index (κ2) is 15.0. The fourth-order valence-corrected chi connectivity index (χ4v) is 9.24. The van der Waals surface area contributed by atoms with Gasteiger partial charge >= 0.3 is 0 Å². The number of imide groups is 1. The molecular formula is C39H43N11O2S. The predicted molar refractivity (Wildman–Crippen MR) is 204 cm³/mol.